The fraction of sp³-hybridized carbons (Fsp3) is 0.500. The van der Waals surface area contributed by atoms with Gasteiger partial charge in [-0.15, -0.1) is 4.52 Å². The van der Waals surface area contributed by atoms with Crippen molar-refractivity contribution < 1.29 is 0 Å². The molecule has 0 aromatic carbocycles. The SMILES string of the molecule is C/C=C/SN=NC. The lowest BCUT2D eigenvalue weighted by molar-refractivity contribution is 1.26. The molecule has 3 heteroatoms. The van der Waals surface area contributed by atoms with Gasteiger partial charge in [-0.2, -0.15) is 5.11 Å². The van der Waals surface area contributed by atoms with E-state index in [0.717, 1.165) is 0 Å². The third-order valence-corrected chi connectivity index (χ3v) is 0.977. The van der Waals surface area contributed by atoms with E-state index in [0.29, 0.717) is 0 Å². The van der Waals surface area contributed by atoms with E-state index in [2.05, 4.69) is 9.63 Å². The molecule has 0 aromatic heterocycles. The van der Waals surface area contributed by atoms with Crippen LogP contribution >= 0.6 is 11.9 Å². The van der Waals surface area contributed by atoms with Gasteiger partial charge < -0.3 is 0 Å². The smallest absolute Gasteiger partial charge is 0.0498 e. The van der Waals surface area contributed by atoms with Crippen molar-refractivity contribution >= 4 is 11.9 Å². The molecule has 0 saturated heterocycles. The Morgan fingerprint density at radius 3 is 2.71 bits per heavy atom. The van der Waals surface area contributed by atoms with Crippen molar-refractivity contribution in [3.8, 4) is 0 Å². The highest BCUT2D eigenvalue weighted by atomic mass is 32.2. The first-order valence-electron chi connectivity index (χ1n) is 1.98. The van der Waals surface area contributed by atoms with E-state index in [9.17, 15) is 0 Å². The lowest BCUT2D eigenvalue weighted by Gasteiger charge is -1.72. The van der Waals surface area contributed by atoms with Crippen molar-refractivity contribution in [1.82, 2.24) is 0 Å². The summed E-state index contributed by atoms with van der Waals surface area (Å²) in [6.07, 6.45) is 1.92. The van der Waals surface area contributed by atoms with Crippen LogP contribution in [0.2, 0.25) is 0 Å². The first-order chi connectivity index (χ1) is 3.41. The highest BCUT2D eigenvalue weighted by molar-refractivity contribution is 8.00. The van der Waals surface area contributed by atoms with E-state index in [-0.39, 0.29) is 0 Å². The number of nitrogens with zero attached hydrogens (tertiary/aromatic N) is 2. The van der Waals surface area contributed by atoms with Gasteiger partial charge in [0.15, 0.2) is 0 Å². The molecular formula is C4H8N2S. The van der Waals surface area contributed by atoms with E-state index in [1.165, 1.54) is 11.9 Å². The lowest BCUT2D eigenvalue weighted by Crippen LogP contribution is -1.41. The van der Waals surface area contributed by atoms with Crippen molar-refractivity contribution in [2.75, 3.05) is 7.05 Å². The van der Waals surface area contributed by atoms with Crippen LogP contribution in [0.3, 0.4) is 0 Å². The van der Waals surface area contributed by atoms with Gasteiger partial charge in [-0.3, -0.25) is 0 Å². The van der Waals surface area contributed by atoms with Crippen LogP contribution in [-0.2, 0) is 0 Å². The Bertz CT molecular complexity index is 67.8. The zero-order chi connectivity index (χ0) is 5.54. The van der Waals surface area contributed by atoms with Crippen LogP contribution in [0, 0.1) is 0 Å². The lowest BCUT2D eigenvalue weighted by atomic mass is 10.8. The molecule has 0 amide bonds. The van der Waals surface area contributed by atoms with Crippen LogP contribution in [0.4, 0.5) is 0 Å². The number of hydrogen-bond acceptors (Lipinski definition) is 3. The minimum Gasteiger partial charge on any atom is -0.185 e. The molecule has 0 radical (unpaired) electrons. The van der Waals surface area contributed by atoms with Gasteiger partial charge in [0.2, 0.25) is 0 Å². The van der Waals surface area contributed by atoms with Crippen LogP contribution in [0.5, 0.6) is 0 Å². The standard InChI is InChI=1S/C4H8N2S/c1-3-4-7-6-5-2/h3-4H,1-2H3/b4-3+,6-5?. The molecule has 0 saturated carbocycles. The molecule has 0 aromatic rings. The Morgan fingerprint density at radius 1 is 1.57 bits per heavy atom. The number of allylic oxidation sites excluding steroid dienone is 1. The third kappa shape index (κ3) is 5.69. The minimum atomic E-state index is 1.33. The molecule has 0 aliphatic heterocycles. The Labute approximate surface area is 47.8 Å². The summed E-state index contributed by atoms with van der Waals surface area (Å²) in [5, 5.41) is 5.38. The zero-order valence-corrected chi connectivity index (χ0v) is 5.27. The summed E-state index contributed by atoms with van der Waals surface area (Å²) < 4.78 is 3.62. The highest BCUT2D eigenvalue weighted by Crippen LogP contribution is 2.01. The van der Waals surface area contributed by atoms with Crippen LogP contribution in [0.1, 0.15) is 6.92 Å². The van der Waals surface area contributed by atoms with Crippen LogP contribution < -0.4 is 0 Å². The summed E-state index contributed by atoms with van der Waals surface area (Å²) in [6.45, 7) is 1.94. The van der Waals surface area contributed by atoms with E-state index >= 15 is 0 Å². The van der Waals surface area contributed by atoms with Gasteiger partial charge >= 0.3 is 0 Å². The average molecular weight is 116 g/mol. The van der Waals surface area contributed by atoms with Crippen molar-refractivity contribution in [2.45, 2.75) is 6.92 Å². The predicted molar refractivity (Wildman–Crippen MR) is 33.2 cm³/mol. The van der Waals surface area contributed by atoms with Crippen LogP contribution in [0.25, 0.3) is 0 Å². The van der Waals surface area contributed by atoms with Gasteiger partial charge in [0.1, 0.15) is 0 Å². The van der Waals surface area contributed by atoms with Crippen molar-refractivity contribution in [3.63, 3.8) is 0 Å². The van der Waals surface area contributed by atoms with Gasteiger partial charge in [-0.05, 0) is 12.3 Å². The molecule has 0 rings (SSSR count). The van der Waals surface area contributed by atoms with E-state index in [1.54, 1.807) is 7.05 Å². The predicted octanol–water partition coefficient (Wildman–Crippen LogP) is 2.25. The Kier molecular flexibility index (Phi) is 5.44. The number of hydrogen-bond donors (Lipinski definition) is 0. The molecule has 0 aliphatic carbocycles. The van der Waals surface area contributed by atoms with E-state index < -0.39 is 0 Å². The maximum Gasteiger partial charge on any atom is 0.0498 e. The Morgan fingerprint density at radius 2 is 2.29 bits per heavy atom. The molecule has 0 fully saturated rings. The maximum atomic E-state index is 3.62. The third-order valence-electron chi connectivity index (χ3n) is 0.326. The second kappa shape index (κ2) is 5.69. The van der Waals surface area contributed by atoms with Gasteiger partial charge in [0.25, 0.3) is 0 Å². The summed E-state index contributed by atoms with van der Waals surface area (Å²) in [5.41, 5.74) is 0. The normalized spacial score (nSPS) is 11.7. The average Bonchev–Trinajstić information content (AvgIpc) is 1.69. The zero-order valence-electron chi connectivity index (χ0n) is 4.46. The molecule has 0 unspecified atom stereocenters. The largest absolute Gasteiger partial charge is 0.185 e. The van der Waals surface area contributed by atoms with Crippen LogP contribution in [0.15, 0.2) is 21.1 Å². The molecule has 0 bridgehead atoms. The fourth-order valence-electron chi connectivity index (χ4n) is 0.135. The fourth-order valence-corrected chi connectivity index (χ4v) is 0.406. The molecule has 0 heterocycles. The van der Waals surface area contributed by atoms with E-state index in [4.69, 9.17) is 0 Å². The Balaban J connectivity index is 2.98. The summed E-state index contributed by atoms with van der Waals surface area (Å²) >= 11 is 1.33. The summed E-state index contributed by atoms with van der Waals surface area (Å²) in [6, 6.07) is 0. The van der Waals surface area contributed by atoms with Crippen molar-refractivity contribution in [3.05, 3.63) is 11.5 Å². The summed E-state index contributed by atoms with van der Waals surface area (Å²) in [5.74, 6) is 0. The van der Waals surface area contributed by atoms with Gasteiger partial charge in [-0.25, -0.2) is 0 Å². The van der Waals surface area contributed by atoms with E-state index in [1.807, 2.05) is 18.4 Å². The van der Waals surface area contributed by atoms with Crippen molar-refractivity contribution in [2.24, 2.45) is 9.63 Å². The highest BCUT2D eigenvalue weighted by Gasteiger charge is 1.63. The second-order valence-electron chi connectivity index (χ2n) is 0.856. The molecular weight excluding hydrogens is 108 g/mol. The van der Waals surface area contributed by atoms with Crippen LogP contribution in [-0.4, -0.2) is 7.05 Å². The summed E-state index contributed by atoms with van der Waals surface area (Å²) in [4.78, 5) is 0. The summed E-state index contributed by atoms with van der Waals surface area (Å²) in [7, 11) is 1.65. The molecule has 7 heavy (non-hydrogen) atoms. The first kappa shape index (κ1) is 6.69. The molecule has 2 nitrogen and oxygen atoms in total. The molecule has 0 N–H and O–H groups in total. The van der Waals surface area contributed by atoms with Gasteiger partial charge in [0, 0.05) is 19.0 Å². The van der Waals surface area contributed by atoms with Gasteiger partial charge in [0.05, 0.1) is 0 Å². The first-order valence-corrected chi connectivity index (χ1v) is 2.81. The quantitative estimate of drug-likeness (QED) is 0.401. The van der Waals surface area contributed by atoms with Gasteiger partial charge in [-0.1, -0.05) is 6.08 Å². The maximum absolute atomic E-state index is 3.62. The molecule has 0 spiro atoms. The molecule has 0 atom stereocenters. The molecule has 0 aliphatic rings. The van der Waals surface area contributed by atoms with Crippen molar-refractivity contribution in [1.29, 1.82) is 0 Å². The molecule has 40 valence electrons. The second-order valence-corrected chi connectivity index (χ2v) is 1.50. The minimum absolute atomic E-state index is 1.33. The topological polar surface area (TPSA) is 24.7 Å². The number of rotatable bonds is 2. The Hall–Kier alpha value is -0.310. The monoisotopic (exact) mass is 116 g/mol.